The van der Waals surface area contributed by atoms with E-state index in [9.17, 15) is 9.59 Å². The SMILES string of the molecule is CCN1C(=O)C[C@@H](N2CCN(c3ccccc3)CC2)C1=O. The molecule has 0 bridgehead atoms. The molecule has 112 valence electrons. The van der Waals surface area contributed by atoms with Crippen LogP contribution in [0.15, 0.2) is 30.3 Å². The van der Waals surface area contributed by atoms with Gasteiger partial charge in [-0.1, -0.05) is 18.2 Å². The van der Waals surface area contributed by atoms with Gasteiger partial charge < -0.3 is 4.90 Å². The summed E-state index contributed by atoms with van der Waals surface area (Å²) in [4.78, 5) is 29.9. The highest BCUT2D eigenvalue weighted by Gasteiger charge is 2.41. The van der Waals surface area contributed by atoms with Crippen molar-refractivity contribution in [2.24, 2.45) is 0 Å². The predicted molar refractivity (Wildman–Crippen MR) is 81.0 cm³/mol. The van der Waals surface area contributed by atoms with E-state index in [1.165, 1.54) is 10.6 Å². The first-order chi connectivity index (χ1) is 10.2. The van der Waals surface area contributed by atoms with Crippen LogP contribution in [-0.4, -0.2) is 60.4 Å². The number of hydrogen-bond donors (Lipinski definition) is 0. The molecule has 0 spiro atoms. The summed E-state index contributed by atoms with van der Waals surface area (Å²) in [5.74, 6) is -0.0475. The van der Waals surface area contributed by atoms with Crippen LogP contribution in [0.2, 0.25) is 0 Å². The molecule has 2 saturated heterocycles. The Morgan fingerprint density at radius 1 is 1.05 bits per heavy atom. The van der Waals surface area contributed by atoms with Crippen LogP contribution < -0.4 is 4.90 Å². The van der Waals surface area contributed by atoms with E-state index >= 15 is 0 Å². The number of likely N-dealkylation sites (tertiary alicyclic amines) is 1. The molecule has 2 heterocycles. The van der Waals surface area contributed by atoms with Gasteiger partial charge in [0.2, 0.25) is 11.8 Å². The molecular formula is C16H21N3O2. The maximum atomic E-state index is 12.2. The Hall–Kier alpha value is -1.88. The highest BCUT2D eigenvalue weighted by atomic mass is 16.2. The van der Waals surface area contributed by atoms with Crippen LogP contribution in [0.3, 0.4) is 0 Å². The summed E-state index contributed by atoms with van der Waals surface area (Å²) in [6.07, 6.45) is 0.345. The number of hydrogen-bond acceptors (Lipinski definition) is 4. The Morgan fingerprint density at radius 3 is 2.29 bits per heavy atom. The second-order valence-corrected chi connectivity index (χ2v) is 5.55. The molecule has 3 rings (SSSR count). The number of anilines is 1. The minimum atomic E-state index is -0.240. The van der Waals surface area contributed by atoms with Crippen molar-refractivity contribution in [2.75, 3.05) is 37.6 Å². The summed E-state index contributed by atoms with van der Waals surface area (Å²) in [5, 5.41) is 0. The van der Waals surface area contributed by atoms with Gasteiger partial charge in [-0.15, -0.1) is 0 Å². The number of imide groups is 1. The molecule has 0 aromatic heterocycles. The van der Waals surface area contributed by atoms with Gasteiger partial charge in [-0.2, -0.15) is 0 Å². The molecule has 2 aliphatic rings. The molecule has 0 aliphatic carbocycles. The lowest BCUT2D eigenvalue weighted by Gasteiger charge is -2.38. The van der Waals surface area contributed by atoms with Crippen molar-refractivity contribution in [1.29, 1.82) is 0 Å². The lowest BCUT2D eigenvalue weighted by Crippen LogP contribution is -2.52. The van der Waals surface area contributed by atoms with Crippen LogP contribution in [-0.2, 0) is 9.59 Å². The summed E-state index contributed by atoms with van der Waals surface area (Å²) in [6, 6.07) is 10.1. The van der Waals surface area contributed by atoms with Gasteiger partial charge in [-0.25, -0.2) is 0 Å². The Morgan fingerprint density at radius 2 is 1.71 bits per heavy atom. The normalized spacial score (nSPS) is 24.0. The number of amides is 2. The van der Waals surface area contributed by atoms with Crippen LogP contribution in [0.1, 0.15) is 13.3 Å². The topological polar surface area (TPSA) is 43.9 Å². The first-order valence-electron chi connectivity index (χ1n) is 7.59. The van der Waals surface area contributed by atoms with Crippen molar-refractivity contribution < 1.29 is 9.59 Å². The summed E-state index contributed by atoms with van der Waals surface area (Å²) < 4.78 is 0. The molecule has 1 aromatic rings. The molecule has 0 unspecified atom stereocenters. The number of likely N-dealkylation sites (N-methyl/N-ethyl adjacent to an activating group) is 1. The number of carbonyl (C=O) groups is 2. The number of rotatable bonds is 3. The van der Waals surface area contributed by atoms with Gasteiger partial charge in [0, 0.05) is 38.4 Å². The zero-order valence-electron chi connectivity index (χ0n) is 12.4. The molecule has 2 fully saturated rings. The van der Waals surface area contributed by atoms with Gasteiger partial charge in [0.25, 0.3) is 0 Å². The van der Waals surface area contributed by atoms with E-state index < -0.39 is 0 Å². The van der Waals surface area contributed by atoms with Gasteiger partial charge in [-0.05, 0) is 19.1 Å². The van der Waals surface area contributed by atoms with Crippen LogP contribution in [0.5, 0.6) is 0 Å². The van der Waals surface area contributed by atoms with Crippen LogP contribution in [0.4, 0.5) is 5.69 Å². The molecule has 0 saturated carbocycles. The highest BCUT2D eigenvalue weighted by molar-refractivity contribution is 6.05. The van der Waals surface area contributed by atoms with E-state index in [-0.39, 0.29) is 17.9 Å². The van der Waals surface area contributed by atoms with Crippen molar-refractivity contribution in [3.63, 3.8) is 0 Å². The standard InChI is InChI=1S/C16H21N3O2/c1-2-19-15(20)12-14(16(19)21)18-10-8-17(9-11-18)13-6-4-3-5-7-13/h3-7,14H,2,8-12H2,1H3/t14-/m1/s1. The third-order valence-electron chi connectivity index (χ3n) is 4.41. The van der Waals surface area contributed by atoms with Gasteiger partial charge in [0.1, 0.15) is 0 Å². The van der Waals surface area contributed by atoms with Crippen molar-refractivity contribution in [2.45, 2.75) is 19.4 Å². The zero-order chi connectivity index (χ0) is 14.8. The average Bonchev–Trinajstić information content (AvgIpc) is 2.82. The maximum Gasteiger partial charge on any atom is 0.247 e. The molecule has 5 nitrogen and oxygen atoms in total. The van der Waals surface area contributed by atoms with Crippen molar-refractivity contribution in [1.82, 2.24) is 9.80 Å². The number of benzene rings is 1. The second-order valence-electron chi connectivity index (χ2n) is 5.55. The van der Waals surface area contributed by atoms with E-state index in [1.807, 2.05) is 25.1 Å². The molecule has 0 radical (unpaired) electrons. The fraction of sp³-hybridized carbons (Fsp3) is 0.500. The van der Waals surface area contributed by atoms with E-state index in [0.717, 1.165) is 26.2 Å². The molecule has 2 aliphatic heterocycles. The largest absolute Gasteiger partial charge is 0.369 e. The zero-order valence-corrected chi connectivity index (χ0v) is 12.4. The van der Waals surface area contributed by atoms with Gasteiger partial charge in [0.05, 0.1) is 12.5 Å². The monoisotopic (exact) mass is 287 g/mol. The first-order valence-corrected chi connectivity index (χ1v) is 7.59. The molecule has 1 aromatic carbocycles. The third kappa shape index (κ3) is 2.65. The van der Waals surface area contributed by atoms with E-state index in [2.05, 4.69) is 21.9 Å². The smallest absolute Gasteiger partial charge is 0.247 e. The van der Waals surface area contributed by atoms with Crippen molar-refractivity contribution >= 4 is 17.5 Å². The summed E-state index contributed by atoms with van der Waals surface area (Å²) >= 11 is 0. The van der Waals surface area contributed by atoms with E-state index in [0.29, 0.717) is 13.0 Å². The minimum absolute atomic E-state index is 0.0179. The van der Waals surface area contributed by atoms with E-state index in [4.69, 9.17) is 0 Å². The summed E-state index contributed by atoms with van der Waals surface area (Å²) in [6.45, 7) is 5.79. The molecule has 21 heavy (non-hydrogen) atoms. The first kappa shape index (κ1) is 14.1. The molecular weight excluding hydrogens is 266 g/mol. The van der Waals surface area contributed by atoms with Crippen LogP contribution in [0, 0.1) is 0 Å². The van der Waals surface area contributed by atoms with Crippen LogP contribution in [0.25, 0.3) is 0 Å². The molecule has 1 atom stereocenters. The van der Waals surface area contributed by atoms with Crippen molar-refractivity contribution in [3.05, 3.63) is 30.3 Å². The third-order valence-corrected chi connectivity index (χ3v) is 4.41. The second kappa shape index (κ2) is 5.85. The molecule has 0 N–H and O–H groups in total. The molecule has 5 heteroatoms. The fourth-order valence-corrected chi connectivity index (χ4v) is 3.21. The highest BCUT2D eigenvalue weighted by Crippen LogP contribution is 2.22. The maximum absolute atomic E-state index is 12.2. The number of carbonyl (C=O) groups excluding carboxylic acids is 2. The van der Waals surface area contributed by atoms with Gasteiger partial charge in [0.15, 0.2) is 0 Å². The Kier molecular flexibility index (Phi) is 3.92. The van der Waals surface area contributed by atoms with Gasteiger partial charge >= 0.3 is 0 Å². The Labute approximate surface area is 125 Å². The number of piperazine rings is 1. The molecule has 2 amide bonds. The van der Waals surface area contributed by atoms with Gasteiger partial charge in [-0.3, -0.25) is 19.4 Å². The van der Waals surface area contributed by atoms with Crippen LogP contribution >= 0.6 is 0 Å². The summed E-state index contributed by atoms with van der Waals surface area (Å²) in [7, 11) is 0. The lowest BCUT2D eigenvalue weighted by atomic mass is 10.1. The average molecular weight is 287 g/mol. The predicted octanol–water partition coefficient (Wildman–Crippen LogP) is 0.956. The summed E-state index contributed by atoms with van der Waals surface area (Å²) in [5.41, 5.74) is 1.22. The number of nitrogens with zero attached hydrogens (tertiary/aromatic N) is 3. The Balaban J connectivity index is 1.62. The fourth-order valence-electron chi connectivity index (χ4n) is 3.21. The quantitative estimate of drug-likeness (QED) is 0.777. The van der Waals surface area contributed by atoms with E-state index in [1.54, 1.807) is 0 Å². The minimum Gasteiger partial charge on any atom is -0.369 e. The number of para-hydroxylation sites is 1. The Bertz CT molecular complexity index is 524. The van der Waals surface area contributed by atoms with Crippen molar-refractivity contribution in [3.8, 4) is 0 Å². The lowest BCUT2D eigenvalue weighted by molar-refractivity contribution is -0.139.